The Morgan fingerprint density at radius 2 is 1.87 bits per heavy atom. The Bertz CT molecular complexity index is 1150. The molecule has 0 aliphatic carbocycles. The molecule has 0 aliphatic rings. The van der Waals surface area contributed by atoms with Gasteiger partial charge in [0.05, 0.1) is 22.2 Å². The summed E-state index contributed by atoms with van der Waals surface area (Å²) in [6.07, 6.45) is 2.88. The van der Waals surface area contributed by atoms with Crippen molar-refractivity contribution in [3.8, 4) is 0 Å². The number of rotatable bonds is 7. The van der Waals surface area contributed by atoms with Gasteiger partial charge in [0.15, 0.2) is 0 Å². The standard InChI is InChI=1S/C18H17ClN6O4S/c19-15-6-1-2-7-16(15)24-30(28,29)14-5-3-4-13(10-14)18(27)23-22-17(26)8-9-25-12-20-11-21-25/h1-7,10-12,24H,8-9H2,(H,22,26)(H,23,27). The lowest BCUT2D eigenvalue weighted by atomic mass is 10.2. The quantitative estimate of drug-likeness (QED) is 0.469. The van der Waals surface area contributed by atoms with E-state index in [0.29, 0.717) is 6.54 Å². The van der Waals surface area contributed by atoms with Gasteiger partial charge in [-0.2, -0.15) is 5.10 Å². The number of carbonyl (C=O) groups is 2. The van der Waals surface area contributed by atoms with Crippen LogP contribution in [0.15, 0.2) is 66.1 Å². The van der Waals surface area contributed by atoms with Crippen LogP contribution in [0.5, 0.6) is 0 Å². The number of benzene rings is 2. The van der Waals surface area contributed by atoms with Crippen LogP contribution in [0.4, 0.5) is 5.69 Å². The maximum atomic E-state index is 12.6. The highest BCUT2D eigenvalue weighted by Crippen LogP contribution is 2.24. The van der Waals surface area contributed by atoms with Gasteiger partial charge >= 0.3 is 0 Å². The zero-order valence-electron chi connectivity index (χ0n) is 15.4. The minimum absolute atomic E-state index is 0.0496. The van der Waals surface area contributed by atoms with E-state index < -0.39 is 21.8 Å². The maximum absolute atomic E-state index is 12.6. The number of nitrogens with zero attached hydrogens (tertiary/aromatic N) is 3. The van der Waals surface area contributed by atoms with E-state index in [1.807, 2.05) is 0 Å². The first kappa shape index (κ1) is 21.3. The monoisotopic (exact) mass is 448 g/mol. The summed E-state index contributed by atoms with van der Waals surface area (Å²) in [7, 11) is -3.97. The van der Waals surface area contributed by atoms with Crippen molar-refractivity contribution in [3.63, 3.8) is 0 Å². The Kier molecular flexibility index (Phi) is 6.65. The van der Waals surface area contributed by atoms with Crippen LogP contribution in [0.2, 0.25) is 5.02 Å². The number of anilines is 1. The summed E-state index contributed by atoms with van der Waals surface area (Å²) in [6, 6.07) is 11.8. The molecule has 2 amide bonds. The number of aromatic nitrogens is 3. The smallest absolute Gasteiger partial charge is 0.269 e. The second-order valence-corrected chi connectivity index (χ2v) is 8.11. The average Bonchev–Trinajstić information content (AvgIpc) is 3.26. The third kappa shape index (κ3) is 5.55. The van der Waals surface area contributed by atoms with Crippen LogP contribution in [0.1, 0.15) is 16.8 Å². The molecule has 0 bridgehead atoms. The van der Waals surface area contributed by atoms with E-state index in [1.165, 1.54) is 47.7 Å². The number of amides is 2. The molecule has 3 rings (SSSR count). The molecule has 0 aliphatic heterocycles. The first-order valence-corrected chi connectivity index (χ1v) is 10.5. The van der Waals surface area contributed by atoms with Gasteiger partial charge in [0.1, 0.15) is 12.7 Å². The highest BCUT2D eigenvalue weighted by atomic mass is 35.5. The maximum Gasteiger partial charge on any atom is 0.269 e. The average molecular weight is 449 g/mol. The van der Waals surface area contributed by atoms with Gasteiger partial charge in [0.2, 0.25) is 5.91 Å². The molecule has 10 nitrogen and oxygen atoms in total. The number of hydrogen-bond acceptors (Lipinski definition) is 6. The van der Waals surface area contributed by atoms with Crippen LogP contribution in [0, 0.1) is 0 Å². The molecule has 0 saturated heterocycles. The van der Waals surface area contributed by atoms with Gasteiger partial charge in [-0.3, -0.25) is 29.8 Å². The number of sulfonamides is 1. The number of hydrazine groups is 1. The van der Waals surface area contributed by atoms with Crippen molar-refractivity contribution in [2.24, 2.45) is 0 Å². The Morgan fingerprint density at radius 3 is 2.60 bits per heavy atom. The van der Waals surface area contributed by atoms with Crippen LogP contribution in [-0.2, 0) is 21.4 Å². The molecule has 0 radical (unpaired) electrons. The lowest BCUT2D eigenvalue weighted by Crippen LogP contribution is -2.42. The normalized spacial score (nSPS) is 11.0. The minimum atomic E-state index is -3.97. The van der Waals surface area contributed by atoms with E-state index in [0.717, 1.165) is 0 Å². The fourth-order valence-corrected chi connectivity index (χ4v) is 3.74. The van der Waals surface area contributed by atoms with Crippen molar-refractivity contribution in [3.05, 3.63) is 71.8 Å². The molecule has 0 atom stereocenters. The van der Waals surface area contributed by atoms with Gasteiger partial charge in [-0.1, -0.05) is 29.8 Å². The predicted molar refractivity (Wildman–Crippen MR) is 109 cm³/mol. The molecule has 1 aromatic heterocycles. The van der Waals surface area contributed by atoms with Crippen molar-refractivity contribution in [1.29, 1.82) is 0 Å². The number of nitrogens with one attached hydrogen (secondary N) is 3. The number of hydrogen-bond donors (Lipinski definition) is 3. The Balaban J connectivity index is 1.62. The summed E-state index contributed by atoms with van der Waals surface area (Å²) in [5.41, 5.74) is 4.78. The second-order valence-electron chi connectivity index (χ2n) is 6.02. The molecule has 3 aromatic rings. The van der Waals surface area contributed by atoms with Gasteiger partial charge < -0.3 is 0 Å². The molecule has 12 heteroatoms. The van der Waals surface area contributed by atoms with Crippen molar-refractivity contribution in [2.75, 3.05) is 4.72 Å². The Hall–Kier alpha value is -3.44. The van der Waals surface area contributed by atoms with E-state index in [9.17, 15) is 18.0 Å². The predicted octanol–water partition coefficient (Wildman–Crippen LogP) is 1.58. The largest absolute Gasteiger partial charge is 0.278 e. The van der Waals surface area contributed by atoms with Crippen LogP contribution in [0.25, 0.3) is 0 Å². The lowest BCUT2D eigenvalue weighted by Gasteiger charge is -2.11. The van der Waals surface area contributed by atoms with Gasteiger partial charge in [-0.15, -0.1) is 0 Å². The zero-order chi connectivity index (χ0) is 21.6. The van der Waals surface area contributed by atoms with Crippen LogP contribution < -0.4 is 15.6 Å². The minimum Gasteiger partial charge on any atom is -0.278 e. The highest BCUT2D eigenvalue weighted by molar-refractivity contribution is 7.92. The Labute approximate surface area is 177 Å². The van der Waals surface area contributed by atoms with Crippen molar-refractivity contribution >= 4 is 39.1 Å². The molecule has 0 saturated carbocycles. The fourth-order valence-electron chi connectivity index (χ4n) is 2.38. The van der Waals surface area contributed by atoms with E-state index in [4.69, 9.17) is 11.6 Å². The van der Waals surface area contributed by atoms with Crippen molar-refractivity contribution in [2.45, 2.75) is 17.9 Å². The van der Waals surface area contributed by atoms with E-state index in [2.05, 4.69) is 25.7 Å². The van der Waals surface area contributed by atoms with Crippen LogP contribution >= 0.6 is 11.6 Å². The number of halogens is 1. The van der Waals surface area contributed by atoms with E-state index in [-0.39, 0.29) is 27.6 Å². The third-order valence-corrected chi connectivity index (χ3v) is 5.57. The topological polar surface area (TPSA) is 135 Å². The van der Waals surface area contributed by atoms with Gasteiger partial charge in [0, 0.05) is 12.0 Å². The summed E-state index contributed by atoms with van der Waals surface area (Å²) < 4.78 is 29.1. The zero-order valence-corrected chi connectivity index (χ0v) is 17.0. The van der Waals surface area contributed by atoms with Crippen molar-refractivity contribution in [1.82, 2.24) is 25.6 Å². The molecule has 0 spiro atoms. The van der Waals surface area contributed by atoms with Crippen LogP contribution in [0.3, 0.4) is 0 Å². The first-order chi connectivity index (χ1) is 14.3. The number of aryl methyl sites for hydroxylation is 1. The molecular weight excluding hydrogens is 432 g/mol. The molecule has 156 valence electrons. The summed E-state index contributed by atoms with van der Waals surface area (Å²) in [5, 5.41) is 4.11. The lowest BCUT2D eigenvalue weighted by molar-refractivity contribution is -0.122. The first-order valence-electron chi connectivity index (χ1n) is 8.64. The highest BCUT2D eigenvalue weighted by Gasteiger charge is 2.18. The molecular formula is C18H17ClN6O4S. The van der Waals surface area contributed by atoms with Gasteiger partial charge in [-0.25, -0.2) is 13.4 Å². The number of carbonyl (C=O) groups excluding carboxylic acids is 2. The number of para-hydroxylation sites is 1. The molecule has 0 fully saturated rings. The summed E-state index contributed by atoms with van der Waals surface area (Å²) in [5.74, 6) is -1.11. The molecule has 30 heavy (non-hydrogen) atoms. The fraction of sp³-hybridized carbons (Fsp3) is 0.111. The molecule has 2 aromatic carbocycles. The third-order valence-electron chi connectivity index (χ3n) is 3.87. The molecule has 1 heterocycles. The van der Waals surface area contributed by atoms with Crippen molar-refractivity contribution < 1.29 is 18.0 Å². The summed E-state index contributed by atoms with van der Waals surface area (Å²) in [4.78, 5) is 27.7. The van der Waals surface area contributed by atoms with E-state index in [1.54, 1.807) is 18.2 Å². The van der Waals surface area contributed by atoms with Gasteiger partial charge in [-0.05, 0) is 30.3 Å². The summed E-state index contributed by atoms with van der Waals surface area (Å²) in [6.45, 7) is 0.295. The van der Waals surface area contributed by atoms with E-state index >= 15 is 0 Å². The Morgan fingerprint density at radius 1 is 1.07 bits per heavy atom. The van der Waals surface area contributed by atoms with Gasteiger partial charge in [0.25, 0.3) is 15.9 Å². The second kappa shape index (κ2) is 9.37. The summed E-state index contributed by atoms with van der Waals surface area (Å²) >= 11 is 5.99. The molecule has 0 unspecified atom stereocenters. The SMILES string of the molecule is O=C(CCn1cncn1)NNC(=O)c1cccc(S(=O)(=O)Nc2ccccc2Cl)c1. The van der Waals surface area contributed by atoms with Crippen LogP contribution in [-0.4, -0.2) is 35.0 Å². The molecule has 3 N–H and O–H groups in total.